The molecule has 0 atom stereocenters. The van der Waals surface area contributed by atoms with E-state index in [9.17, 15) is 9.18 Å². The third kappa shape index (κ3) is 1.81. The topological polar surface area (TPSA) is 32.9 Å². The smallest absolute Gasteiger partial charge is 0.166 e. The molecular weight excluding hydrogens is 193 g/mol. The number of hydrogen-bond donors (Lipinski definition) is 1. The van der Waals surface area contributed by atoms with Gasteiger partial charge in [0.05, 0.1) is 5.69 Å². The lowest BCUT2D eigenvalue weighted by Crippen LogP contribution is -1.82. The second kappa shape index (κ2) is 3.69. The van der Waals surface area contributed by atoms with Crippen LogP contribution in [0.15, 0.2) is 30.3 Å². The first-order chi connectivity index (χ1) is 7.20. The first kappa shape index (κ1) is 9.65. The van der Waals surface area contributed by atoms with Crippen molar-refractivity contribution in [2.24, 2.45) is 0 Å². The lowest BCUT2D eigenvalue weighted by Gasteiger charge is -1.99. The Labute approximate surface area is 86.8 Å². The fraction of sp³-hybridized carbons (Fsp3) is 0.0833. The summed E-state index contributed by atoms with van der Waals surface area (Å²) in [5, 5.41) is 0. The molecule has 0 saturated heterocycles. The van der Waals surface area contributed by atoms with Gasteiger partial charge in [-0.15, -0.1) is 0 Å². The number of aromatic nitrogens is 1. The van der Waals surface area contributed by atoms with Gasteiger partial charge in [-0.2, -0.15) is 0 Å². The fourth-order valence-corrected chi connectivity index (χ4v) is 1.56. The highest BCUT2D eigenvalue weighted by atomic mass is 19.1. The van der Waals surface area contributed by atoms with Gasteiger partial charge in [0.2, 0.25) is 0 Å². The van der Waals surface area contributed by atoms with Crippen molar-refractivity contribution in [1.82, 2.24) is 4.98 Å². The maximum Gasteiger partial charge on any atom is 0.166 e. The molecule has 0 saturated carbocycles. The van der Waals surface area contributed by atoms with Crippen LogP contribution in [0.1, 0.15) is 16.1 Å². The lowest BCUT2D eigenvalue weighted by molar-refractivity contribution is 0.111. The van der Waals surface area contributed by atoms with Gasteiger partial charge in [-0.05, 0) is 48.4 Å². The van der Waals surface area contributed by atoms with Crippen molar-refractivity contribution >= 4 is 6.29 Å². The molecule has 1 aromatic heterocycles. The van der Waals surface area contributed by atoms with E-state index in [2.05, 4.69) is 4.98 Å². The number of aryl methyl sites for hydroxylation is 1. The van der Waals surface area contributed by atoms with Gasteiger partial charge in [-0.25, -0.2) is 4.39 Å². The number of hydrogen-bond acceptors (Lipinski definition) is 1. The van der Waals surface area contributed by atoms with Crippen molar-refractivity contribution in [2.75, 3.05) is 0 Å². The number of carbonyl (C=O) groups excluding carboxylic acids is 1. The molecule has 1 aromatic carbocycles. The monoisotopic (exact) mass is 203 g/mol. The van der Waals surface area contributed by atoms with E-state index >= 15 is 0 Å². The van der Waals surface area contributed by atoms with Gasteiger partial charge in [-0.1, -0.05) is 0 Å². The van der Waals surface area contributed by atoms with Gasteiger partial charge >= 0.3 is 0 Å². The second-order valence-electron chi connectivity index (χ2n) is 3.41. The average Bonchev–Trinajstić information content (AvgIpc) is 2.61. The highest BCUT2D eigenvalue weighted by Crippen LogP contribution is 2.22. The Balaban J connectivity index is 2.48. The Bertz CT molecular complexity index is 485. The summed E-state index contributed by atoms with van der Waals surface area (Å²) in [5.74, 6) is -0.265. The molecule has 15 heavy (non-hydrogen) atoms. The van der Waals surface area contributed by atoms with Gasteiger partial charge < -0.3 is 4.98 Å². The highest BCUT2D eigenvalue weighted by Gasteiger charge is 2.05. The van der Waals surface area contributed by atoms with Crippen molar-refractivity contribution in [3.05, 3.63) is 47.4 Å². The van der Waals surface area contributed by atoms with E-state index in [1.165, 1.54) is 12.1 Å². The molecule has 0 aliphatic carbocycles. The van der Waals surface area contributed by atoms with Crippen LogP contribution in [0.2, 0.25) is 0 Å². The highest BCUT2D eigenvalue weighted by molar-refractivity contribution is 5.77. The van der Waals surface area contributed by atoms with E-state index in [1.807, 2.05) is 6.92 Å². The molecule has 0 bridgehead atoms. The Morgan fingerprint density at radius 1 is 1.27 bits per heavy atom. The summed E-state index contributed by atoms with van der Waals surface area (Å²) in [5.41, 5.74) is 3.25. The molecule has 0 aliphatic heterocycles. The molecule has 0 fully saturated rings. The molecule has 0 aliphatic rings. The van der Waals surface area contributed by atoms with E-state index in [0.717, 1.165) is 23.1 Å². The van der Waals surface area contributed by atoms with Gasteiger partial charge in [-0.3, -0.25) is 4.79 Å². The first-order valence-electron chi connectivity index (χ1n) is 4.61. The summed E-state index contributed by atoms with van der Waals surface area (Å²) in [7, 11) is 0. The third-order valence-corrected chi connectivity index (χ3v) is 2.30. The number of halogens is 1. The number of H-pyrrole nitrogens is 1. The summed E-state index contributed by atoms with van der Waals surface area (Å²) in [4.78, 5) is 13.5. The van der Waals surface area contributed by atoms with E-state index in [-0.39, 0.29) is 5.82 Å². The molecule has 1 heterocycles. The lowest BCUT2D eigenvalue weighted by atomic mass is 10.1. The molecular formula is C12H10FNO. The number of aldehydes is 1. The van der Waals surface area contributed by atoms with Crippen LogP contribution in [-0.4, -0.2) is 11.3 Å². The normalized spacial score (nSPS) is 10.3. The fourth-order valence-electron chi connectivity index (χ4n) is 1.56. The van der Waals surface area contributed by atoms with Crippen LogP contribution >= 0.6 is 0 Å². The molecule has 0 spiro atoms. The van der Waals surface area contributed by atoms with Crippen molar-refractivity contribution in [3.8, 4) is 11.3 Å². The van der Waals surface area contributed by atoms with Gasteiger partial charge in [0.25, 0.3) is 0 Å². The van der Waals surface area contributed by atoms with Crippen LogP contribution < -0.4 is 0 Å². The van der Waals surface area contributed by atoms with Crippen LogP contribution in [0.4, 0.5) is 4.39 Å². The number of carbonyl (C=O) groups is 1. The summed E-state index contributed by atoms with van der Waals surface area (Å²) in [6, 6.07) is 7.93. The summed E-state index contributed by atoms with van der Waals surface area (Å²) in [6.07, 6.45) is 0.764. The van der Waals surface area contributed by atoms with Crippen LogP contribution in [0.3, 0.4) is 0 Å². The zero-order valence-corrected chi connectivity index (χ0v) is 8.25. The standard InChI is InChI=1S/C12H10FNO/c1-8-6-11(7-15)14-12(8)9-2-4-10(13)5-3-9/h2-7,14H,1H3. The molecule has 0 unspecified atom stereocenters. The predicted octanol–water partition coefficient (Wildman–Crippen LogP) is 2.94. The average molecular weight is 203 g/mol. The van der Waals surface area contributed by atoms with E-state index in [0.29, 0.717) is 5.69 Å². The summed E-state index contributed by atoms with van der Waals surface area (Å²) in [6.45, 7) is 1.90. The van der Waals surface area contributed by atoms with Gasteiger partial charge in [0, 0.05) is 5.69 Å². The van der Waals surface area contributed by atoms with E-state index in [1.54, 1.807) is 18.2 Å². The minimum Gasteiger partial charge on any atom is -0.352 e. The first-order valence-corrected chi connectivity index (χ1v) is 4.61. The molecule has 1 N–H and O–H groups in total. The molecule has 0 radical (unpaired) electrons. The number of rotatable bonds is 2. The largest absolute Gasteiger partial charge is 0.352 e. The maximum absolute atomic E-state index is 12.7. The minimum atomic E-state index is -0.265. The predicted molar refractivity (Wildman–Crippen MR) is 56.3 cm³/mol. The number of benzene rings is 1. The van der Waals surface area contributed by atoms with Crippen molar-refractivity contribution in [1.29, 1.82) is 0 Å². The van der Waals surface area contributed by atoms with E-state index < -0.39 is 0 Å². The van der Waals surface area contributed by atoms with Crippen molar-refractivity contribution in [3.63, 3.8) is 0 Å². The Morgan fingerprint density at radius 2 is 1.93 bits per heavy atom. The SMILES string of the molecule is Cc1cc(C=O)[nH]c1-c1ccc(F)cc1. The van der Waals surface area contributed by atoms with Gasteiger partial charge in [0.15, 0.2) is 6.29 Å². The molecule has 2 nitrogen and oxygen atoms in total. The second-order valence-corrected chi connectivity index (χ2v) is 3.41. The summed E-state index contributed by atoms with van der Waals surface area (Å²) < 4.78 is 12.7. The Kier molecular flexibility index (Phi) is 2.37. The van der Waals surface area contributed by atoms with E-state index in [4.69, 9.17) is 0 Å². The number of nitrogens with one attached hydrogen (secondary N) is 1. The molecule has 3 heteroatoms. The van der Waals surface area contributed by atoms with Crippen LogP contribution in [0.25, 0.3) is 11.3 Å². The maximum atomic E-state index is 12.7. The third-order valence-electron chi connectivity index (χ3n) is 2.30. The van der Waals surface area contributed by atoms with Crippen molar-refractivity contribution in [2.45, 2.75) is 6.92 Å². The van der Waals surface area contributed by atoms with Crippen LogP contribution in [0.5, 0.6) is 0 Å². The zero-order chi connectivity index (χ0) is 10.8. The number of aromatic amines is 1. The molecule has 2 aromatic rings. The quantitative estimate of drug-likeness (QED) is 0.748. The molecule has 76 valence electrons. The Hall–Kier alpha value is -1.90. The van der Waals surface area contributed by atoms with Gasteiger partial charge in [0.1, 0.15) is 5.82 Å². The molecule has 0 amide bonds. The van der Waals surface area contributed by atoms with Crippen molar-refractivity contribution < 1.29 is 9.18 Å². The van der Waals surface area contributed by atoms with Crippen LogP contribution in [0, 0.1) is 12.7 Å². The molecule has 2 rings (SSSR count). The van der Waals surface area contributed by atoms with Crippen LogP contribution in [-0.2, 0) is 0 Å². The zero-order valence-electron chi connectivity index (χ0n) is 8.25. The minimum absolute atomic E-state index is 0.265. The summed E-state index contributed by atoms with van der Waals surface area (Å²) >= 11 is 0. The Morgan fingerprint density at radius 3 is 2.47 bits per heavy atom.